The SMILES string of the molecule is COC(=O)C(CCC1OCCO1)C(O)[C@H](C)O[Si](C)(C)C(C)(C)C. The van der Waals surface area contributed by atoms with Crippen molar-refractivity contribution in [1.82, 2.24) is 0 Å². The molecular formula is C17H34O6Si. The van der Waals surface area contributed by atoms with Gasteiger partial charge in [-0.2, -0.15) is 0 Å². The molecule has 2 unspecified atom stereocenters. The van der Waals surface area contributed by atoms with Crippen LogP contribution in [-0.2, 0) is 23.4 Å². The first-order valence-corrected chi connectivity index (χ1v) is 11.6. The quantitative estimate of drug-likeness (QED) is 0.529. The van der Waals surface area contributed by atoms with Gasteiger partial charge in [0.15, 0.2) is 14.6 Å². The highest BCUT2D eigenvalue weighted by molar-refractivity contribution is 6.74. The Morgan fingerprint density at radius 1 is 1.29 bits per heavy atom. The average Bonchev–Trinajstić information content (AvgIpc) is 2.98. The van der Waals surface area contributed by atoms with Crippen molar-refractivity contribution in [1.29, 1.82) is 0 Å². The zero-order valence-corrected chi connectivity index (χ0v) is 17.1. The first-order chi connectivity index (χ1) is 11.0. The number of aliphatic hydroxyl groups excluding tert-OH is 1. The Morgan fingerprint density at radius 2 is 1.83 bits per heavy atom. The lowest BCUT2D eigenvalue weighted by atomic mass is 9.93. The minimum atomic E-state index is -2.03. The summed E-state index contributed by atoms with van der Waals surface area (Å²) in [5, 5.41) is 10.7. The predicted octanol–water partition coefficient (Wildman–Crippen LogP) is 2.70. The van der Waals surface area contributed by atoms with Crippen LogP contribution in [0.1, 0.15) is 40.5 Å². The van der Waals surface area contributed by atoms with Crippen LogP contribution in [0.4, 0.5) is 0 Å². The summed E-state index contributed by atoms with van der Waals surface area (Å²) in [5.74, 6) is -1.08. The molecule has 0 amide bonds. The molecule has 0 spiro atoms. The Bertz CT molecular complexity index is 400. The van der Waals surface area contributed by atoms with Gasteiger partial charge in [-0.3, -0.25) is 4.79 Å². The van der Waals surface area contributed by atoms with Gasteiger partial charge in [0.05, 0.1) is 38.4 Å². The molecule has 0 aromatic heterocycles. The maximum absolute atomic E-state index is 12.1. The van der Waals surface area contributed by atoms with E-state index in [9.17, 15) is 9.90 Å². The predicted molar refractivity (Wildman–Crippen MR) is 94.2 cm³/mol. The molecule has 0 aromatic rings. The summed E-state index contributed by atoms with van der Waals surface area (Å²) in [6.45, 7) is 13.7. The number of aliphatic hydroxyl groups is 1. The first kappa shape index (κ1) is 21.6. The molecule has 142 valence electrons. The molecule has 1 rings (SSSR count). The molecule has 3 atom stereocenters. The summed E-state index contributed by atoms with van der Waals surface area (Å²) < 4.78 is 21.9. The van der Waals surface area contributed by atoms with Crippen molar-refractivity contribution in [3.05, 3.63) is 0 Å². The van der Waals surface area contributed by atoms with Crippen LogP contribution in [0.15, 0.2) is 0 Å². The van der Waals surface area contributed by atoms with Crippen LogP contribution < -0.4 is 0 Å². The van der Waals surface area contributed by atoms with E-state index < -0.39 is 32.4 Å². The van der Waals surface area contributed by atoms with Gasteiger partial charge >= 0.3 is 5.97 Å². The summed E-state index contributed by atoms with van der Waals surface area (Å²) >= 11 is 0. The van der Waals surface area contributed by atoms with E-state index in [1.165, 1.54) is 7.11 Å². The average molecular weight is 363 g/mol. The van der Waals surface area contributed by atoms with Crippen LogP contribution in [0.25, 0.3) is 0 Å². The number of hydrogen-bond acceptors (Lipinski definition) is 6. The van der Waals surface area contributed by atoms with Crippen molar-refractivity contribution in [2.75, 3.05) is 20.3 Å². The molecular weight excluding hydrogens is 328 g/mol. The molecule has 0 bridgehead atoms. The normalized spacial score (nSPS) is 20.7. The van der Waals surface area contributed by atoms with E-state index in [0.29, 0.717) is 26.1 Å². The number of carbonyl (C=O) groups excluding carboxylic acids is 1. The number of carbonyl (C=O) groups is 1. The number of esters is 1. The van der Waals surface area contributed by atoms with E-state index in [1.807, 2.05) is 6.92 Å². The molecule has 1 saturated heterocycles. The molecule has 1 aliphatic heterocycles. The molecule has 0 aliphatic carbocycles. The van der Waals surface area contributed by atoms with Gasteiger partial charge in [-0.25, -0.2) is 0 Å². The molecule has 0 saturated carbocycles. The van der Waals surface area contributed by atoms with Crippen molar-refractivity contribution >= 4 is 14.3 Å². The highest BCUT2D eigenvalue weighted by Gasteiger charge is 2.42. The lowest BCUT2D eigenvalue weighted by molar-refractivity contribution is -0.153. The zero-order valence-electron chi connectivity index (χ0n) is 16.1. The van der Waals surface area contributed by atoms with E-state index in [1.54, 1.807) is 0 Å². The molecule has 6 nitrogen and oxygen atoms in total. The monoisotopic (exact) mass is 362 g/mol. The first-order valence-electron chi connectivity index (χ1n) is 8.66. The number of methoxy groups -OCH3 is 1. The van der Waals surface area contributed by atoms with Gasteiger partial charge in [0.25, 0.3) is 0 Å². The summed E-state index contributed by atoms with van der Waals surface area (Å²) in [4.78, 5) is 12.1. The fourth-order valence-electron chi connectivity index (χ4n) is 2.51. The fourth-order valence-corrected chi connectivity index (χ4v) is 3.93. The van der Waals surface area contributed by atoms with Crippen LogP contribution >= 0.6 is 0 Å². The smallest absolute Gasteiger partial charge is 0.311 e. The lowest BCUT2D eigenvalue weighted by Crippen LogP contribution is -2.48. The maximum atomic E-state index is 12.1. The van der Waals surface area contributed by atoms with Crippen molar-refractivity contribution in [2.45, 2.75) is 77.2 Å². The zero-order chi connectivity index (χ0) is 18.5. The molecule has 0 radical (unpaired) electrons. The van der Waals surface area contributed by atoms with Crippen molar-refractivity contribution < 1.29 is 28.5 Å². The third kappa shape index (κ3) is 5.81. The van der Waals surface area contributed by atoms with Gasteiger partial charge in [-0.15, -0.1) is 0 Å². The summed E-state index contributed by atoms with van der Waals surface area (Å²) in [6, 6.07) is 0. The Morgan fingerprint density at radius 3 is 2.29 bits per heavy atom. The van der Waals surface area contributed by atoms with Crippen LogP contribution in [0.5, 0.6) is 0 Å². The molecule has 1 N–H and O–H groups in total. The highest BCUT2D eigenvalue weighted by atomic mass is 28.4. The highest BCUT2D eigenvalue weighted by Crippen LogP contribution is 2.38. The Balaban J connectivity index is 2.71. The fraction of sp³-hybridized carbons (Fsp3) is 0.941. The third-order valence-corrected chi connectivity index (χ3v) is 9.66. The van der Waals surface area contributed by atoms with Crippen molar-refractivity contribution in [2.24, 2.45) is 5.92 Å². The van der Waals surface area contributed by atoms with Gasteiger partial charge in [0.1, 0.15) is 0 Å². The number of hydrogen-bond donors (Lipinski definition) is 1. The standard InChI is InChI=1S/C17H34O6Si/c1-12(23-24(6,7)17(2,3)4)15(18)13(16(19)20-5)8-9-14-21-10-11-22-14/h12-15,18H,8-11H2,1-7H3/t12-,13?,15?/m0/s1. The summed E-state index contributed by atoms with van der Waals surface area (Å²) in [6.07, 6.45) is -0.692. The minimum Gasteiger partial charge on any atom is -0.469 e. The van der Waals surface area contributed by atoms with Gasteiger partial charge in [-0.05, 0) is 37.9 Å². The maximum Gasteiger partial charge on any atom is 0.311 e. The Kier molecular flexibility index (Phi) is 7.87. The van der Waals surface area contributed by atoms with Crippen molar-refractivity contribution in [3.63, 3.8) is 0 Å². The van der Waals surface area contributed by atoms with Gasteiger partial charge in [0.2, 0.25) is 0 Å². The molecule has 0 aromatic carbocycles. The number of rotatable bonds is 8. The third-order valence-electron chi connectivity index (χ3n) is 5.09. The minimum absolute atomic E-state index is 0.0350. The molecule has 24 heavy (non-hydrogen) atoms. The van der Waals surface area contributed by atoms with Crippen LogP contribution in [-0.4, -0.2) is 58.2 Å². The van der Waals surface area contributed by atoms with E-state index in [4.69, 9.17) is 18.6 Å². The largest absolute Gasteiger partial charge is 0.469 e. The van der Waals surface area contributed by atoms with Crippen LogP contribution in [0.3, 0.4) is 0 Å². The Labute approximate surface area is 146 Å². The second-order valence-corrected chi connectivity index (χ2v) is 12.7. The van der Waals surface area contributed by atoms with Gasteiger partial charge < -0.3 is 23.7 Å². The second-order valence-electron chi connectivity index (χ2n) is 7.95. The molecule has 1 aliphatic rings. The molecule has 7 heteroatoms. The summed E-state index contributed by atoms with van der Waals surface area (Å²) in [7, 11) is -0.694. The lowest BCUT2D eigenvalue weighted by Gasteiger charge is -2.40. The van der Waals surface area contributed by atoms with Crippen LogP contribution in [0, 0.1) is 5.92 Å². The Hall–Kier alpha value is -0.473. The van der Waals surface area contributed by atoms with Crippen molar-refractivity contribution in [3.8, 4) is 0 Å². The topological polar surface area (TPSA) is 74.2 Å². The van der Waals surface area contributed by atoms with Crippen LogP contribution in [0.2, 0.25) is 18.1 Å². The molecule has 1 heterocycles. The summed E-state index contributed by atoms with van der Waals surface area (Å²) in [5.41, 5.74) is 0. The van der Waals surface area contributed by atoms with E-state index in [-0.39, 0.29) is 11.3 Å². The van der Waals surface area contributed by atoms with E-state index >= 15 is 0 Å². The van der Waals surface area contributed by atoms with E-state index in [2.05, 4.69) is 33.9 Å². The number of ether oxygens (including phenoxy) is 3. The van der Waals surface area contributed by atoms with Gasteiger partial charge in [-0.1, -0.05) is 20.8 Å². The second kappa shape index (κ2) is 8.76. The van der Waals surface area contributed by atoms with Gasteiger partial charge in [0, 0.05) is 0 Å². The molecule has 1 fully saturated rings. The van der Waals surface area contributed by atoms with E-state index in [0.717, 1.165) is 0 Å².